The third kappa shape index (κ3) is 17.6. The summed E-state index contributed by atoms with van der Waals surface area (Å²) in [6.07, 6.45) is 73.0. The Kier molecular flexibility index (Phi) is 25.7. The molecule has 18 atom stereocenters. The van der Waals surface area contributed by atoms with Gasteiger partial charge >= 0.3 is 0 Å². The Hall–Kier alpha value is -4.74. The molecule has 1 aromatic carbocycles. The monoisotopic (exact) mass is 1400 g/mol. The first-order valence-corrected chi connectivity index (χ1v) is 43.9. The second-order valence-electron chi connectivity index (χ2n) is 36.9. The molecule has 9 aliphatic carbocycles. The number of aromatic nitrogens is 2. The number of imide groups is 2. The van der Waals surface area contributed by atoms with Crippen molar-refractivity contribution < 1.29 is 19.2 Å². The Balaban J connectivity index is 0.531. The lowest BCUT2D eigenvalue weighted by Crippen LogP contribution is -2.41. The second-order valence-corrected chi connectivity index (χ2v) is 36.9. The average Bonchev–Trinajstić information content (AvgIpc) is 1.58. The van der Waals surface area contributed by atoms with Crippen LogP contribution in [0.4, 0.5) is 0 Å². The van der Waals surface area contributed by atoms with Crippen LogP contribution in [0.2, 0.25) is 0 Å². The summed E-state index contributed by atoms with van der Waals surface area (Å²) >= 11 is 0. The Morgan fingerprint density at radius 2 is 0.333 bits per heavy atom. The molecule has 0 bridgehead atoms. The van der Waals surface area contributed by atoms with Crippen molar-refractivity contribution in [3.8, 4) is 0 Å². The van der Waals surface area contributed by atoms with Gasteiger partial charge in [0.1, 0.15) is 0 Å². The van der Waals surface area contributed by atoms with Gasteiger partial charge in [-0.2, -0.15) is 0 Å². The van der Waals surface area contributed by atoms with Crippen LogP contribution in [0.15, 0.2) is 55.6 Å². The van der Waals surface area contributed by atoms with Crippen molar-refractivity contribution in [2.24, 2.45) is 107 Å². The normalized spacial score (nSPS) is 34.5. The van der Waals surface area contributed by atoms with E-state index in [1.54, 1.807) is 0 Å². The molecule has 0 radical (unpaired) electrons. The molecule has 9 fully saturated rings. The zero-order valence-corrected chi connectivity index (χ0v) is 63.1. The topological polar surface area (TPSA) is 153 Å². The molecule has 9 saturated carbocycles. The molecule has 4 amide bonds. The van der Waals surface area contributed by atoms with Crippen LogP contribution in [0.25, 0.3) is 21.5 Å². The summed E-state index contributed by atoms with van der Waals surface area (Å²) in [5.41, 5.74) is -1.56. The molecule has 0 saturated heterocycles. The molecular formula is C90H132N4O8. The van der Waals surface area contributed by atoms with E-state index in [1.807, 2.05) is 0 Å². The maximum absolute atomic E-state index is 14.3. The van der Waals surface area contributed by atoms with Crippen molar-refractivity contribution in [2.45, 2.75) is 334 Å². The first-order chi connectivity index (χ1) is 49.9. The van der Waals surface area contributed by atoms with Gasteiger partial charge in [-0.05, 0) is 234 Å². The van der Waals surface area contributed by atoms with Crippen LogP contribution in [-0.4, -0.2) is 55.7 Å². The molecule has 2 aromatic heterocycles. The summed E-state index contributed by atoms with van der Waals surface area (Å²) in [4.78, 5) is 110. The van der Waals surface area contributed by atoms with Crippen molar-refractivity contribution in [2.75, 3.05) is 13.1 Å². The highest BCUT2D eigenvalue weighted by Crippen LogP contribution is 2.49. The molecule has 0 N–H and O–H groups in total. The minimum absolute atomic E-state index is 0.0289. The molecule has 102 heavy (non-hydrogen) atoms. The lowest BCUT2D eigenvalue weighted by molar-refractivity contribution is -0.139. The molecule has 11 aliphatic rings. The van der Waals surface area contributed by atoms with E-state index in [-0.39, 0.29) is 87.1 Å². The molecule has 12 nitrogen and oxygen atoms in total. The second kappa shape index (κ2) is 35.3. The Morgan fingerprint density at radius 3 is 0.520 bits per heavy atom. The van der Waals surface area contributed by atoms with E-state index in [0.717, 1.165) is 116 Å². The smallest absolute Gasteiger partial charge is 0.261 e. The quantitative estimate of drug-likeness (QED) is 0.0623. The first kappa shape index (κ1) is 74.1. The molecule has 12 heteroatoms. The molecule has 4 heterocycles. The van der Waals surface area contributed by atoms with E-state index in [2.05, 4.69) is 0 Å². The highest BCUT2D eigenvalue weighted by atomic mass is 16.2. The van der Waals surface area contributed by atoms with Crippen LogP contribution < -0.4 is 22.2 Å². The van der Waals surface area contributed by atoms with E-state index in [1.165, 1.54) is 331 Å². The van der Waals surface area contributed by atoms with Crippen molar-refractivity contribution in [3.63, 3.8) is 0 Å². The van der Waals surface area contributed by atoms with Gasteiger partial charge in [0.25, 0.3) is 45.9 Å². The number of nitrogens with zero attached hydrogens (tertiary/aromatic N) is 4. The van der Waals surface area contributed by atoms with E-state index in [9.17, 15) is 38.4 Å². The molecule has 0 spiro atoms. The lowest BCUT2D eigenvalue weighted by atomic mass is 9.66. The average molecular weight is 1400 g/mol. The fourth-order valence-electron chi connectivity index (χ4n) is 25.4. The summed E-state index contributed by atoms with van der Waals surface area (Å²) in [6.45, 7) is 1.49. The zero-order valence-electron chi connectivity index (χ0n) is 63.1. The van der Waals surface area contributed by atoms with Gasteiger partial charge in [0.05, 0.1) is 21.5 Å². The van der Waals surface area contributed by atoms with Crippen molar-refractivity contribution in [3.05, 3.63) is 77.9 Å². The van der Waals surface area contributed by atoms with Gasteiger partial charge in [-0.25, -0.2) is 0 Å². The maximum atomic E-state index is 14.3. The van der Waals surface area contributed by atoms with Gasteiger partial charge < -0.3 is 0 Å². The minimum Gasteiger partial charge on any atom is -0.275 e. The Labute approximate surface area is 611 Å². The zero-order chi connectivity index (χ0) is 70.1. The van der Waals surface area contributed by atoms with Crippen molar-refractivity contribution >= 4 is 45.2 Å². The van der Waals surface area contributed by atoms with Crippen LogP contribution >= 0.6 is 0 Å². The van der Waals surface area contributed by atoms with Gasteiger partial charge in [0, 0.05) is 50.5 Å². The number of benzene rings is 1. The number of carbonyl (C=O) groups is 4. The summed E-state index contributed by atoms with van der Waals surface area (Å²) in [5.74, 6) is 11.9. The number of rotatable bonds is 29. The highest BCUT2D eigenvalue weighted by molar-refractivity contribution is 6.13. The largest absolute Gasteiger partial charge is 0.275 e. The van der Waals surface area contributed by atoms with E-state index in [4.69, 9.17) is 0 Å². The molecule has 3 aromatic rings. The summed E-state index contributed by atoms with van der Waals surface area (Å²) < 4.78 is 2.72. The van der Waals surface area contributed by atoms with Gasteiger partial charge in [-0.3, -0.25) is 57.3 Å². The van der Waals surface area contributed by atoms with Crippen LogP contribution in [0.5, 0.6) is 0 Å². The van der Waals surface area contributed by atoms with Gasteiger partial charge in [0.2, 0.25) is 0 Å². The van der Waals surface area contributed by atoms with Crippen molar-refractivity contribution in [1.82, 2.24) is 18.9 Å². The molecular weight excluding hydrogens is 1270 g/mol. The number of amides is 4. The summed E-state index contributed by atoms with van der Waals surface area (Å²) in [6, 6.07) is 3.04. The van der Waals surface area contributed by atoms with E-state index in [0.29, 0.717) is 30.8 Å². The molecule has 560 valence electrons. The van der Waals surface area contributed by atoms with Crippen LogP contribution in [-0.2, 0) is 32.3 Å². The van der Waals surface area contributed by atoms with E-state index < -0.39 is 11.1 Å². The highest BCUT2D eigenvalue weighted by Gasteiger charge is 2.40. The number of hydrogen-bond acceptors (Lipinski definition) is 8. The molecule has 14 rings (SSSR count). The van der Waals surface area contributed by atoms with Gasteiger partial charge in [-0.15, -0.1) is 0 Å². The van der Waals surface area contributed by atoms with Crippen molar-refractivity contribution in [1.29, 1.82) is 0 Å². The van der Waals surface area contributed by atoms with Gasteiger partial charge in [-0.1, -0.05) is 205 Å². The molecule has 2 aliphatic heterocycles. The fraction of sp³-hybridized carbons (Fsp3) is 0.800. The number of fused-ring (bicyclic) bond motifs is 2. The SMILES string of the molecule is O=C1C=CC(=O)N1CC1CCCCC1CCC1CCCCC1CCC1CCCCC1CCC1CCCCC1CCC1CCCCC1CCC1CCCCC1CCC1CCCCC1CCC1CCCCC1Cn1c(=O)c2cc3c(=O)n(CC4CCCCC4CN4C(=O)C=CC4=O)c(=O)c3cc2c1=O. The predicted molar refractivity (Wildman–Crippen MR) is 410 cm³/mol. The fourth-order valence-corrected chi connectivity index (χ4v) is 25.4. The third-order valence-corrected chi connectivity index (χ3v) is 31.5. The number of hydrogen-bond donors (Lipinski definition) is 0. The Bertz CT molecular complexity index is 3490. The summed E-state index contributed by atoms with van der Waals surface area (Å²) in [5, 5.41) is 0.853. The summed E-state index contributed by atoms with van der Waals surface area (Å²) in [7, 11) is 0. The van der Waals surface area contributed by atoms with Crippen LogP contribution in [0.3, 0.4) is 0 Å². The molecule has 18 unspecified atom stereocenters. The van der Waals surface area contributed by atoms with Crippen LogP contribution in [0.1, 0.15) is 321 Å². The standard InChI is InChI=1S/C90H132N4O8/c95-83-51-52-84(96)91(83)57-75-33-15-13-31-73(75)49-47-71-29-11-9-27-69(71)45-43-67-25-7-5-23-65(67)41-39-63-21-3-1-19-61(63)37-38-62-20-2-4-22-64(62)40-42-66-24-6-8-26-68(66)44-46-70-28-10-12-30-72(70)48-50-74-32-14-16-34-76(74)59-93-87(99)79-55-81-82(56-80(79)88(93)100)90(102)94(89(81)101)60-78-36-18-17-35-77(78)58-92-85(97)53-54-86(92)98/h51-56,61-78H,1-50,57-60H2. The van der Waals surface area contributed by atoms with E-state index >= 15 is 0 Å². The first-order valence-electron chi connectivity index (χ1n) is 43.9. The minimum atomic E-state index is -0.436. The maximum Gasteiger partial charge on any atom is 0.261 e. The van der Waals surface area contributed by atoms with Crippen LogP contribution in [0, 0.1) is 107 Å². The number of carbonyl (C=O) groups excluding carboxylic acids is 4. The third-order valence-electron chi connectivity index (χ3n) is 31.5. The Morgan fingerprint density at radius 1 is 0.196 bits per heavy atom. The lowest BCUT2D eigenvalue weighted by Gasteiger charge is -2.39. The van der Waals surface area contributed by atoms with Gasteiger partial charge in [0.15, 0.2) is 0 Å². The predicted octanol–water partition coefficient (Wildman–Crippen LogP) is 19.5.